The first-order valence-electron chi connectivity index (χ1n) is 8.82. The van der Waals surface area contributed by atoms with Crippen LogP contribution in [0.15, 0.2) is 60.7 Å². The molecule has 0 radical (unpaired) electrons. The van der Waals surface area contributed by atoms with Crippen LogP contribution in [-0.2, 0) is 19.0 Å². The molecule has 2 aromatic carbocycles. The molecule has 0 aromatic heterocycles. The summed E-state index contributed by atoms with van der Waals surface area (Å²) in [5.74, 6) is -1.46. The highest BCUT2D eigenvalue weighted by atomic mass is 16.6. The number of hydrogen-bond acceptors (Lipinski definition) is 6. The Labute approximate surface area is 157 Å². The van der Waals surface area contributed by atoms with E-state index in [1.54, 1.807) is 54.6 Å². The summed E-state index contributed by atoms with van der Waals surface area (Å²) in [5.41, 5.74) is 0.888. The molecule has 140 valence electrons. The number of hydrogen-bond donors (Lipinski definition) is 0. The first-order chi connectivity index (χ1) is 13.1. The molecular weight excluding hydrogens is 348 g/mol. The Morgan fingerprint density at radius 3 is 2.15 bits per heavy atom. The van der Waals surface area contributed by atoms with E-state index in [4.69, 9.17) is 14.2 Å². The Kier molecular flexibility index (Phi) is 6.20. The summed E-state index contributed by atoms with van der Waals surface area (Å²) >= 11 is 0. The molecule has 0 N–H and O–H groups in total. The zero-order valence-electron chi connectivity index (χ0n) is 14.7. The second-order valence-corrected chi connectivity index (χ2v) is 6.20. The molecule has 0 bridgehead atoms. The highest BCUT2D eigenvalue weighted by molar-refractivity contribution is 5.91. The molecule has 2 aromatic rings. The first-order valence-corrected chi connectivity index (χ1v) is 8.82. The molecule has 0 unspecified atom stereocenters. The van der Waals surface area contributed by atoms with E-state index in [1.807, 2.05) is 6.07 Å². The smallest absolute Gasteiger partial charge is 0.347 e. The molecule has 6 nitrogen and oxygen atoms in total. The number of ether oxygens (including phenoxy) is 3. The minimum atomic E-state index is -0.894. The molecule has 3 rings (SSSR count). The summed E-state index contributed by atoms with van der Waals surface area (Å²) in [6, 6.07) is 17.2. The van der Waals surface area contributed by atoms with Gasteiger partial charge < -0.3 is 14.2 Å². The number of carbonyl (C=O) groups is 3. The van der Waals surface area contributed by atoms with Crippen LogP contribution >= 0.6 is 0 Å². The maximum Gasteiger partial charge on any atom is 0.347 e. The average Bonchev–Trinajstić information content (AvgIpc) is 3.05. The van der Waals surface area contributed by atoms with Crippen molar-refractivity contribution in [2.45, 2.75) is 31.5 Å². The SMILES string of the molecule is O=C(OCCC[C@H]1C[C@@H](OC(=O)c2ccccc2)C(=O)O1)c1ccccc1. The summed E-state index contributed by atoms with van der Waals surface area (Å²) in [5, 5.41) is 0. The van der Waals surface area contributed by atoms with Crippen molar-refractivity contribution >= 4 is 17.9 Å². The summed E-state index contributed by atoms with van der Waals surface area (Å²) in [6.07, 6.45) is 0.156. The van der Waals surface area contributed by atoms with Crippen molar-refractivity contribution in [3.63, 3.8) is 0 Å². The van der Waals surface area contributed by atoms with Gasteiger partial charge in [-0.05, 0) is 37.1 Å². The van der Waals surface area contributed by atoms with Crippen LogP contribution in [0.2, 0.25) is 0 Å². The number of benzene rings is 2. The summed E-state index contributed by atoms with van der Waals surface area (Å²) in [7, 11) is 0. The van der Waals surface area contributed by atoms with Gasteiger partial charge in [0.15, 0.2) is 0 Å². The van der Waals surface area contributed by atoms with Crippen LogP contribution in [0, 0.1) is 0 Å². The van der Waals surface area contributed by atoms with E-state index in [2.05, 4.69) is 0 Å². The molecule has 1 saturated heterocycles. The molecule has 1 fully saturated rings. The largest absolute Gasteiger partial charge is 0.462 e. The van der Waals surface area contributed by atoms with Gasteiger partial charge in [0.25, 0.3) is 0 Å². The van der Waals surface area contributed by atoms with Crippen molar-refractivity contribution in [1.82, 2.24) is 0 Å². The lowest BCUT2D eigenvalue weighted by molar-refractivity contribution is -0.147. The number of cyclic esters (lactones) is 1. The minimum Gasteiger partial charge on any atom is -0.462 e. The van der Waals surface area contributed by atoms with Crippen molar-refractivity contribution in [2.24, 2.45) is 0 Å². The second kappa shape index (κ2) is 8.98. The number of carbonyl (C=O) groups excluding carboxylic acids is 3. The number of esters is 3. The van der Waals surface area contributed by atoms with Gasteiger partial charge >= 0.3 is 17.9 Å². The molecule has 6 heteroatoms. The van der Waals surface area contributed by atoms with Crippen LogP contribution in [0.25, 0.3) is 0 Å². The summed E-state index contributed by atoms with van der Waals surface area (Å²) in [6.45, 7) is 0.232. The van der Waals surface area contributed by atoms with Gasteiger partial charge in [0.05, 0.1) is 17.7 Å². The molecule has 0 saturated carbocycles. The van der Waals surface area contributed by atoms with Crippen LogP contribution in [0.5, 0.6) is 0 Å². The van der Waals surface area contributed by atoms with Gasteiger partial charge in [-0.25, -0.2) is 14.4 Å². The van der Waals surface area contributed by atoms with Crippen LogP contribution in [0.3, 0.4) is 0 Å². The van der Waals surface area contributed by atoms with Gasteiger partial charge in [0, 0.05) is 6.42 Å². The average molecular weight is 368 g/mol. The van der Waals surface area contributed by atoms with E-state index in [0.29, 0.717) is 30.4 Å². The fourth-order valence-electron chi connectivity index (χ4n) is 2.80. The summed E-state index contributed by atoms with van der Waals surface area (Å²) in [4.78, 5) is 35.8. The third-order valence-corrected chi connectivity index (χ3v) is 4.19. The van der Waals surface area contributed by atoms with Gasteiger partial charge in [0.2, 0.25) is 6.10 Å². The molecule has 0 spiro atoms. The third-order valence-electron chi connectivity index (χ3n) is 4.19. The molecule has 0 amide bonds. The Hall–Kier alpha value is -3.15. The minimum absolute atomic E-state index is 0.232. The molecule has 1 aliphatic heterocycles. The standard InChI is InChI=1S/C21H20O6/c22-19(15-8-3-1-4-9-15)25-13-7-12-17-14-18(21(24)26-17)27-20(23)16-10-5-2-6-11-16/h1-6,8-11,17-18H,7,12-14H2/t17-,18+/m0/s1. The van der Waals surface area contributed by atoms with Gasteiger partial charge in [-0.1, -0.05) is 36.4 Å². The molecule has 2 atom stereocenters. The topological polar surface area (TPSA) is 78.9 Å². The highest BCUT2D eigenvalue weighted by Crippen LogP contribution is 2.22. The maximum absolute atomic E-state index is 12.0. The third kappa shape index (κ3) is 5.17. The lowest BCUT2D eigenvalue weighted by atomic mass is 10.1. The Balaban J connectivity index is 1.39. The zero-order valence-corrected chi connectivity index (χ0v) is 14.7. The fourth-order valence-corrected chi connectivity index (χ4v) is 2.80. The molecule has 27 heavy (non-hydrogen) atoms. The van der Waals surface area contributed by atoms with Crippen molar-refractivity contribution in [2.75, 3.05) is 6.61 Å². The van der Waals surface area contributed by atoms with Crippen molar-refractivity contribution in [1.29, 1.82) is 0 Å². The molecule has 1 aliphatic rings. The Morgan fingerprint density at radius 2 is 1.52 bits per heavy atom. The van der Waals surface area contributed by atoms with E-state index in [1.165, 1.54) is 0 Å². The predicted octanol–water partition coefficient (Wildman–Crippen LogP) is 3.16. The van der Waals surface area contributed by atoms with E-state index in [-0.39, 0.29) is 18.7 Å². The van der Waals surface area contributed by atoms with E-state index in [9.17, 15) is 14.4 Å². The Morgan fingerprint density at radius 1 is 0.926 bits per heavy atom. The predicted molar refractivity (Wildman–Crippen MR) is 96.1 cm³/mol. The lowest BCUT2D eigenvalue weighted by Crippen LogP contribution is -2.22. The highest BCUT2D eigenvalue weighted by Gasteiger charge is 2.37. The van der Waals surface area contributed by atoms with Crippen LogP contribution in [0.4, 0.5) is 0 Å². The first kappa shape index (κ1) is 18.6. The van der Waals surface area contributed by atoms with Crippen LogP contribution < -0.4 is 0 Å². The fraction of sp³-hybridized carbons (Fsp3) is 0.286. The van der Waals surface area contributed by atoms with E-state index < -0.39 is 18.0 Å². The van der Waals surface area contributed by atoms with Crippen LogP contribution in [0.1, 0.15) is 40.0 Å². The normalized spacial score (nSPS) is 18.6. The quantitative estimate of drug-likeness (QED) is 0.424. The van der Waals surface area contributed by atoms with E-state index >= 15 is 0 Å². The monoisotopic (exact) mass is 368 g/mol. The van der Waals surface area contributed by atoms with Crippen molar-refractivity contribution < 1.29 is 28.6 Å². The molecular formula is C21H20O6. The maximum atomic E-state index is 12.0. The lowest BCUT2D eigenvalue weighted by Gasteiger charge is -2.09. The van der Waals surface area contributed by atoms with Crippen molar-refractivity contribution in [3.8, 4) is 0 Å². The summed E-state index contributed by atoms with van der Waals surface area (Å²) < 4.78 is 15.7. The second-order valence-electron chi connectivity index (χ2n) is 6.20. The Bertz CT molecular complexity index is 787. The van der Waals surface area contributed by atoms with Gasteiger partial charge in [-0.3, -0.25) is 0 Å². The zero-order chi connectivity index (χ0) is 19.1. The van der Waals surface area contributed by atoms with Gasteiger partial charge in [-0.15, -0.1) is 0 Å². The van der Waals surface area contributed by atoms with Crippen molar-refractivity contribution in [3.05, 3.63) is 71.8 Å². The van der Waals surface area contributed by atoms with Gasteiger partial charge in [-0.2, -0.15) is 0 Å². The molecule has 0 aliphatic carbocycles. The number of rotatable bonds is 7. The van der Waals surface area contributed by atoms with Gasteiger partial charge in [0.1, 0.15) is 6.10 Å². The van der Waals surface area contributed by atoms with E-state index in [0.717, 1.165) is 0 Å². The van der Waals surface area contributed by atoms with Crippen LogP contribution in [-0.4, -0.2) is 36.7 Å². The molecule has 1 heterocycles.